The average Bonchev–Trinajstić information content (AvgIpc) is 1.38. The number of rotatable bonds is 0. The average molecular weight is 111 g/mol. The van der Waals surface area contributed by atoms with Crippen LogP contribution in [0.25, 0.3) is 0 Å². The summed E-state index contributed by atoms with van der Waals surface area (Å²) in [6.45, 7) is 0. The predicted octanol–water partition coefficient (Wildman–Crippen LogP) is 1.08. The largest absolute Gasteiger partial charge is 0.212 e. The normalized spacial score (nSPS) is 5.80. The van der Waals surface area contributed by atoms with E-state index in [0.717, 1.165) is 0 Å². The van der Waals surface area contributed by atoms with Crippen LogP contribution >= 0.6 is 23.6 Å². The van der Waals surface area contributed by atoms with Gasteiger partial charge in [0.25, 0.3) is 0 Å². The van der Waals surface area contributed by atoms with E-state index in [1.54, 1.807) is 0 Å². The van der Waals surface area contributed by atoms with E-state index in [2.05, 4.69) is 0 Å². The highest BCUT2D eigenvalue weighted by molar-refractivity contribution is 6.34. The van der Waals surface area contributed by atoms with Gasteiger partial charge in [-0.15, -0.1) is 3.94 Å². The van der Waals surface area contributed by atoms with Crippen LogP contribution in [-0.2, 0) is 0 Å². The molecule has 0 heterocycles. The van der Waals surface area contributed by atoms with Gasteiger partial charge >= 0.3 is 0 Å². The van der Waals surface area contributed by atoms with Gasteiger partial charge in [0.15, 0.2) is 0 Å². The Labute approximate surface area is 39.7 Å². The molecule has 0 saturated heterocycles. The molecule has 0 aliphatic heterocycles. The number of nitriles is 1. The molecule has 0 atom stereocenters. The van der Waals surface area contributed by atoms with Gasteiger partial charge in [-0.1, -0.05) is 0 Å². The van der Waals surface area contributed by atoms with Gasteiger partial charge < -0.3 is 0 Å². The number of nitrogens with zero attached hydrogens (tertiary/aromatic N) is 2. The van der Waals surface area contributed by atoms with Crippen LogP contribution in [0.2, 0.25) is 0 Å². The molecule has 0 aliphatic carbocycles. The molecule has 0 radical (unpaired) electrons. The van der Waals surface area contributed by atoms with E-state index in [1.807, 2.05) is 0 Å². The van der Waals surface area contributed by atoms with Crippen molar-refractivity contribution in [2.75, 3.05) is 0 Å². The maximum absolute atomic E-state index is 7.56. The SMILES string of the molecule is N#CN(Cl)Cl. The van der Waals surface area contributed by atoms with Crippen molar-refractivity contribution in [1.82, 2.24) is 3.94 Å². The molecule has 2 nitrogen and oxygen atoms in total. The molecule has 0 N–H and O–H groups in total. The fraction of sp³-hybridized carbons (Fsp3) is 0. The van der Waals surface area contributed by atoms with E-state index in [-0.39, 0.29) is 0 Å². The molecule has 0 saturated carbocycles. The van der Waals surface area contributed by atoms with E-state index in [4.69, 9.17) is 28.8 Å². The molecule has 0 aromatic rings. The van der Waals surface area contributed by atoms with E-state index in [1.165, 1.54) is 6.19 Å². The van der Waals surface area contributed by atoms with E-state index >= 15 is 0 Å². The Morgan fingerprint density at radius 3 is 1.80 bits per heavy atom. The molecule has 0 aromatic carbocycles. The monoisotopic (exact) mass is 110 g/mol. The van der Waals surface area contributed by atoms with Gasteiger partial charge in [0.05, 0.1) is 0 Å². The third-order valence-electron chi connectivity index (χ3n) is 0.0756. The zero-order valence-corrected chi connectivity index (χ0v) is 3.66. The fourth-order valence-corrected chi connectivity index (χ4v) is 0. The highest BCUT2D eigenvalue weighted by atomic mass is 35.5. The summed E-state index contributed by atoms with van der Waals surface area (Å²) in [7, 11) is 0. The highest BCUT2D eigenvalue weighted by Gasteiger charge is 1.76. The third kappa shape index (κ3) is 3.87. The van der Waals surface area contributed by atoms with Crippen molar-refractivity contribution in [1.29, 1.82) is 5.26 Å². The zero-order valence-electron chi connectivity index (χ0n) is 2.15. The molecular formula is CCl2N2. The molecule has 0 rings (SSSR count). The van der Waals surface area contributed by atoms with E-state index < -0.39 is 0 Å². The quantitative estimate of drug-likeness (QED) is 0.265. The first kappa shape index (κ1) is 4.87. The van der Waals surface area contributed by atoms with Gasteiger partial charge in [-0.25, -0.2) is 0 Å². The lowest BCUT2D eigenvalue weighted by atomic mass is 11.5. The van der Waals surface area contributed by atoms with Crippen molar-refractivity contribution in [3.05, 3.63) is 0 Å². The minimum atomic E-state index is 0.375. The van der Waals surface area contributed by atoms with E-state index in [0.29, 0.717) is 3.94 Å². The molecule has 5 heavy (non-hydrogen) atoms. The molecule has 0 spiro atoms. The van der Waals surface area contributed by atoms with Crippen molar-refractivity contribution in [3.63, 3.8) is 0 Å². The van der Waals surface area contributed by atoms with Crippen molar-refractivity contribution < 1.29 is 0 Å². The van der Waals surface area contributed by atoms with Crippen LogP contribution in [0.1, 0.15) is 0 Å². The Morgan fingerprint density at radius 1 is 1.60 bits per heavy atom. The summed E-state index contributed by atoms with van der Waals surface area (Å²) in [4.78, 5) is 0. The number of halogens is 2. The first-order valence-electron chi connectivity index (χ1n) is 0.785. The first-order valence-corrected chi connectivity index (χ1v) is 1.46. The molecule has 0 aromatic heterocycles. The summed E-state index contributed by atoms with van der Waals surface area (Å²) in [5.41, 5.74) is 0. The lowest BCUT2D eigenvalue weighted by Gasteiger charge is -1.78. The van der Waals surface area contributed by atoms with Gasteiger partial charge in [-0.05, 0) is 0 Å². The lowest BCUT2D eigenvalue weighted by Crippen LogP contribution is -1.77. The molecule has 28 valence electrons. The smallest absolute Gasteiger partial charge is 0.170 e. The minimum absolute atomic E-state index is 0.375. The summed E-state index contributed by atoms with van der Waals surface area (Å²) in [6, 6.07) is 0. The van der Waals surface area contributed by atoms with Crippen LogP contribution in [0.3, 0.4) is 0 Å². The Morgan fingerprint density at radius 2 is 1.80 bits per heavy atom. The van der Waals surface area contributed by atoms with E-state index in [9.17, 15) is 0 Å². The topological polar surface area (TPSA) is 27.0 Å². The van der Waals surface area contributed by atoms with Crippen LogP contribution in [0, 0.1) is 11.5 Å². The Hall–Kier alpha value is -0.130. The Bertz CT molecular complexity index is 53.2. The van der Waals surface area contributed by atoms with Gasteiger partial charge in [0.1, 0.15) is 0 Å². The molecule has 4 heteroatoms. The summed E-state index contributed by atoms with van der Waals surface area (Å²) in [6.07, 6.45) is 1.39. The maximum atomic E-state index is 7.56. The molecular weight excluding hydrogens is 111 g/mol. The summed E-state index contributed by atoms with van der Waals surface area (Å²) < 4.78 is 0.375. The highest BCUT2D eigenvalue weighted by Crippen LogP contribution is 1.91. The molecule has 0 bridgehead atoms. The van der Waals surface area contributed by atoms with Gasteiger partial charge in [-0.2, -0.15) is 5.26 Å². The summed E-state index contributed by atoms with van der Waals surface area (Å²) in [5.74, 6) is 0. The Kier molecular flexibility index (Phi) is 2.07. The third-order valence-corrected chi connectivity index (χ3v) is 0.227. The zero-order chi connectivity index (χ0) is 4.28. The second-order valence-electron chi connectivity index (χ2n) is 0.333. The number of hydrogen-bond acceptors (Lipinski definition) is 2. The lowest BCUT2D eigenvalue weighted by molar-refractivity contribution is 1.01. The van der Waals surface area contributed by atoms with Gasteiger partial charge in [0.2, 0.25) is 6.19 Å². The predicted molar refractivity (Wildman–Crippen MR) is 19.2 cm³/mol. The second kappa shape index (κ2) is 2.13. The summed E-state index contributed by atoms with van der Waals surface area (Å²) in [5, 5.41) is 7.56. The van der Waals surface area contributed by atoms with Crippen LogP contribution in [0.15, 0.2) is 0 Å². The minimum Gasteiger partial charge on any atom is -0.170 e. The number of hydrogen-bond donors (Lipinski definition) is 0. The van der Waals surface area contributed by atoms with Crippen molar-refractivity contribution >= 4 is 23.6 Å². The van der Waals surface area contributed by atoms with Crippen molar-refractivity contribution in [2.45, 2.75) is 0 Å². The molecule has 0 amide bonds. The van der Waals surface area contributed by atoms with Gasteiger partial charge in [-0.3, -0.25) is 0 Å². The maximum Gasteiger partial charge on any atom is 0.212 e. The van der Waals surface area contributed by atoms with Crippen LogP contribution in [0.5, 0.6) is 0 Å². The van der Waals surface area contributed by atoms with Crippen LogP contribution in [0.4, 0.5) is 0 Å². The fourth-order valence-electron chi connectivity index (χ4n) is 0. The van der Waals surface area contributed by atoms with Gasteiger partial charge in [0, 0.05) is 23.6 Å². The standard InChI is InChI=1S/CCl2N2/c2-5(3)1-4. The van der Waals surface area contributed by atoms with Crippen molar-refractivity contribution in [2.24, 2.45) is 0 Å². The second-order valence-corrected chi connectivity index (χ2v) is 1.18. The van der Waals surface area contributed by atoms with Crippen LogP contribution in [-0.4, -0.2) is 3.94 Å². The molecule has 0 aliphatic rings. The first-order chi connectivity index (χ1) is 2.27. The van der Waals surface area contributed by atoms with Crippen molar-refractivity contribution in [3.8, 4) is 6.19 Å². The summed E-state index contributed by atoms with van der Waals surface area (Å²) >= 11 is 9.40. The molecule has 0 fully saturated rings. The molecule has 0 unspecified atom stereocenters. The van der Waals surface area contributed by atoms with Crippen LogP contribution < -0.4 is 0 Å². The Balaban J connectivity index is 2.94.